The molecule has 4 saturated carbocycles. The summed E-state index contributed by atoms with van der Waals surface area (Å²) in [7, 11) is 2.93. The van der Waals surface area contributed by atoms with Gasteiger partial charge in [-0.2, -0.15) is 18.3 Å². The molecule has 10 heteroatoms. The first-order chi connectivity index (χ1) is 17.7. The number of fused-ring (bicyclic) bond motifs is 1. The zero-order valence-corrected chi connectivity index (χ0v) is 20.8. The number of nitrogens with zero attached hydrogens (tertiary/aromatic N) is 3. The summed E-state index contributed by atoms with van der Waals surface area (Å²) in [5.41, 5.74) is -0.533. The number of benzene rings is 1. The lowest BCUT2D eigenvalue weighted by Gasteiger charge is -2.56. The Morgan fingerprint density at radius 3 is 2.27 bits per heavy atom. The largest absolute Gasteiger partial charge is 0.493 e. The number of amides is 1. The zero-order chi connectivity index (χ0) is 25.9. The summed E-state index contributed by atoms with van der Waals surface area (Å²) in [6.07, 6.45) is 2.57. The van der Waals surface area contributed by atoms with Crippen molar-refractivity contribution in [1.29, 1.82) is 0 Å². The molecule has 2 heterocycles. The Morgan fingerprint density at radius 1 is 1.03 bits per heavy atom. The highest BCUT2D eigenvalue weighted by atomic mass is 19.4. The van der Waals surface area contributed by atoms with E-state index in [-0.39, 0.29) is 22.5 Å². The molecule has 3 aromatic rings. The molecule has 4 aliphatic carbocycles. The molecule has 0 spiro atoms. The van der Waals surface area contributed by atoms with Crippen LogP contribution in [0.2, 0.25) is 0 Å². The van der Waals surface area contributed by atoms with Gasteiger partial charge in [-0.05, 0) is 86.0 Å². The van der Waals surface area contributed by atoms with Crippen molar-refractivity contribution in [3.05, 3.63) is 41.7 Å². The third-order valence-electron chi connectivity index (χ3n) is 8.42. The fraction of sp³-hybridized carbons (Fsp3) is 0.519. The van der Waals surface area contributed by atoms with Crippen molar-refractivity contribution in [2.75, 3.05) is 20.8 Å². The molecule has 0 unspecified atom stereocenters. The van der Waals surface area contributed by atoms with Gasteiger partial charge < -0.3 is 14.8 Å². The van der Waals surface area contributed by atoms with Crippen LogP contribution in [0, 0.1) is 23.2 Å². The van der Waals surface area contributed by atoms with Crippen LogP contribution in [0.1, 0.15) is 54.7 Å². The number of aromatic nitrogens is 3. The minimum absolute atomic E-state index is 0.0560. The van der Waals surface area contributed by atoms with Crippen LogP contribution in [-0.2, 0) is 6.18 Å². The molecule has 2 aromatic heterocycles. The molecule has 37 heavy (non-hydrogen) atoms. The monoisotopic (exact) mass is 514 g/mol. The van der Waals surface area contributed by atoms with Crippen molar-refractivity contribution in [2.24, 2.45) is 23.2 Å². The second-order valence-electron chi connectivity index (χ2n) is 11.0. The molecule has 1 amide bonds. The van der Waals surface area contributed by atoms with E-state index in [0.717, 1.165) is 43.1 Å². The lowest BCUT2D eigenvalue weighted by molar-refractivity contribution is -0.142. The maximum atomic E-state index is 14.0. The molecule has 0 saturated heterocycles. The van der Waals surface area contributed by atoms with E-state index >= 15 is 0 Å². The summed E-state index contributed by atoms with van der Waals surface area (Å²) in [4.78, 5) is 17.4. The average molecular weight is 515 g/mol. The maximum Gasteiger partial charge on any atom is 0.433 e. The molecule has 0 aliphatic heterocycles. The third-order valence-corrected chi connectivity index (χ3v) is 8.42. The van der Waals surface area contributed by atoms with Gasteiger partial charge in [-0.25, -0.2) is 9.50 Å². The summed E-state index contributed by atoms with van der Waals surface area (Å²) < 4.78 is 53.3. The fourth-order valence-corrected chi connectivity index (χ4v) is 7.30. The number of methoxy groups -OCH3 is 2. The number of carbonyl (C=O) groups excluding carboxylic acids is 1. The summed E-state index contributed by atoms with van der Waals surface area (Å²) in [5.74, 6) is 2.58. The van der Waals surface area contributed by atoms with Crippen LogP contribution < -0.4 is 14.8 Å². The minimum Gasteiger partial charge on any atom is -0.493 e. The highest BCUT2D eigenvalue weighted by Crippen LogP contribution is 2.59. The zero-order valence-electron chi connectivity index (χ0n) is 20.8. The number of rotatable bonds is 6. The number of hydrogen-bond donors (Lipinski definition) is 1. The Hall–Kier alpha value is -3.30. The van der Waals surface area contributed by atoms with Crippen LogP contribution in [0.4, 0.5) is 13.2 Å². The SMILES string of the molecule is COc1ccc(-c2cc(C(F)(F)F)n3nc(C(=O)NCC45CC6CC(CC(C6)C4)C5)cc3n2)cc1OC. The van der Waals surface area contributed by atoms with E-state index in [1.54, 1.807) is 18.2 Å². The van der Waals surface area contributed by atoms with Gasteiger partial charge in [0.25, 0.3) is 5.91 Å². The van der Waals surface area contributed by atoms with E-state index in [9.17, 15) is 18.0 Å². The molecule has 4 aliphatic rings. The molecule has 1 aromatic carbocycles. The van der Waals surface area contributed by atoms with Crippen molar-refractivity contribution >= 4 is 11.6 Å². The van der Waals surface area contributed by atoms with E-state index in [1.165, 1.54) is 39.5 Å². The first kappa shape index (κ1) is 24.1. The number of hydrogen-bond acceptors (Lipinski definition) is 5. The summed E-state index contributed by atoms with van der Waals surface area (Å²) in [5, 5.41) is 7.01. The van der Waals surface area contributed by atoms with E-state index < -0.39 is 17.8 Å². The van der Waals surface area contributed by atoms with Gasteiger partial charge in [0, 0.05) is 18.2 Å². The highest BCUT2D eigenvalue weighted by molar-refractivity contribution is 5.93. The minimum atomic E-state index is -4.70. The molecular formula is C27H29F3N4O3. The topological polar surface area (TPSA) is 77.8 Å². The van der Waals surface area contributed by atoms with Crippen LogP contribution in [0.25, 0.3) is 16.9 Å². The van der Waals surface area contributed by atoms with Crippen molar-refractivity contribution in [1.82, 2.24) is 19.9 Å². The predicted octanol–water partition coefficient (Wildman–Crippen LogP) is 5.38. The first-order valence-electron chi connectivity index (χ1n) is 12.6. The average Bonchev–Trinajstić information content (AvgIpc) is 3.29. The lowest BCUT2D eigenvalue weighted by atomic mass is 9.49. The number of alkyl halides is 3. The molecule has 7 rings (SSSR count). The summed E-state index contributed by atoms with van der Waals surface area (Å²) in [6.45, 7) is 0.541. The predicted molar refractivity (Wildman–Crippen MR) is 129 cm³/mol. The van der Waals surface area contributed by atoms with Crippen LogP contribution >= 0.6 is 0 Å². The van der Waals surface area contributed by atoms with E-state index in [0.29, 0.717) is 28.1 Å². The Labute approximate surface area is 212 Å². The Kier molecular flexibility index (Phi) is 5.61. The van der Waals surface area contributed by atoms with Gasteiger partial charge in [-0.1, -0.05) is 0 Å². The normalized spacial score (nSPS) is 26.5. The molecule has 7 nitrogen and oxygen atoms in total. The van der Waals surface area contributed by atoms with Crippen molar-refractivity contribution in [3.63, 3.8) is 0 Å². The maximum absolute atomic E-state index is 14.0. The number of nitrogens with one attached hydrogen (secondary N) is 1. The number of halogens is 3. The van der Waals surface area contributed by atoms with Crippen molar-refractivity contribution < 1.29 is 27.4 Å². The van der Waals surface area contributed by atoms with Gasteiger partial charge >= 0.3 is 6.18 Å². The number of ether oxygens (including phenoxy) is 2. The van der Waals surface area contributed by atoms with E-state index in [4.69, 9.17) is 9.47 Å². The van der Waals surface area contributed by atoms with Crippen LogP contribution in [0.3, 0.4) is 0 Å². The van der Waals surface area contributed by atoms with Gasteiger partial charge in [-0.15, -0.1) is 0 Å². The van der Waals surface area contributed by atoms with Crippen molar-refractivity contribution in [2.45, 2.75) is 44.7 Å². The lowest BCUT2D eigenvalue weighted by Crippen LogP contribution is -2.51. The quantitative estimate of drug-likeness (QED) is 0.478. The molecule has 4 fully saturated rings. The molecular weight excluding hydrogens is 485 g/mol. The number of carbonyl (C=O) groups is 1. The molecule has 0 atom stereocenters. The van der Waals surface area contributed by atoms with Gasteiger partial charge in [0.1, 0.15) is 0 Å². The van der Waals surface area contributed by atoms with Crippen molar-refractivity contribution in [3.8, 4) is 22.8 Å². The standard InChI is InChI=1S/C27H29F3N4O3/c1-36-21-4-3-18(8-22(21)37-2)19-9-23(27(28,29)30)34-24(32-19)10-20(33-34)25(35)31-14-26-11-15-5-16(12-26)7-17(6-15)13-26/h3-4,8-10,15-17H,5-7,11-14H2,1-2H3,(H,31,35). The molecule has 1 N–H and O–H groups in total. The van der Waals surface area contributed by atoms with E-state index in [1.807, 2.05) is 0 Å². The third kappa shape index (κ3) is 4.30. The summed E-state index contributed by atoms with van der Waals surface area (Å²) >= 11 is 0. The Morgan fingerprint density at radius 2 is 1.68 bits per heavy atom. The van der Waals surface area contributed by atoms with Crippen LogP contribution in [0.5, 0.6) is 11.5 Å². The second-order valence-corrected chi connectivity index (χ2v) is 11.0. The van der Waals surface area contributed by atoms with Gasteiger partial charge in [0.2, 0.25) is 0 Å². The summed E-state index contributed by atoms with van der Waals surface area (Å²) in [6, 6.07) is 7.02. The smallest absolute Gasteiger partial charge is 0.433 e. The Balaban J connectivity index is 1.30. The first-order valence-corrected chi connectivity index (χ1v) is 12.6. The second kappa shape index (κ2) is 8.63. The highest BCUT2D eigenvalue weighted by Gasteiger charge is 2.50. The fourth-order valence-electron chi connectivity index (χ4n) is 7.30. The van der Waals surface area contributed by atoms with E-state index in [2.05, 4.69) is 15.4 Å². The molecule has 4 bridgehead atoms. The van der Waals surface area contributed by atoms with Gasteiger partial charge in [-0.3, -0.25) is 4.79 Å². The van der Waals surface area contributed by atoms with Gasteiger partial charge in [0.15, 0.2) is 28.5 Å². The van der Waals surface area contributed by atoms with Gasteiger partial charge in [0.05, 0.1) is 19.9 Å². The molecule has 196 valence electrons. The molecule has 0 radical (unpaired) electrons. The Bertz CT molecular complexity index is 1330. The van der Waals surface area contributed by atoms with Crippen LogP contribution in [0.15, 0.2) is 30.3 Å². The van der Waals surface area contributed by atoms with Crippen LogP contribution in [-0.4, -0.2) is 41.3 Å².